The average Bonchev–Trinajstić information content (AvgIpc) is 2.82. The SMILES string of the molecule is CC(C)N1CCN2C(=O)c3ccccc3OCC[C@@H]3CC[C@@H](NS(C)(=O)=O)[C@@H](CNC(=O)[C@@H]2C1)O3. The summed E-state index contributed by atoms with van der Waals surface area (Å²) in [5, 5.41) is 2.96. The second-order valence-electron chi connectivity index (χ2n) is 9.85. The van der Waals surface area contributed by atoms with E-state index >= 15 is 0 Å². The van der Waals surface area contributed by atoms with Gasteiger partial charge in [-0.05, 0) is 38.8 Å². The first-order valence-electron chi connectivity index (χ1n) is 12.3. The van der Waals surface area contributed by atoms with Gasteiger partial charge in [0.1, 0.15) is 11.8 Å². The number of sulfonamides is 1. The molecule has 1 aromatic rings. The highest BCUT2D eigenvalue weighted by Crippen LogP contribution is 2.26. The highest BCUT2D eigenvalue weighted by atomic mass is 32.2. The summed E-state index contributed by atoms with van der Waals surface area (Å²) >= 11 is 0. The first kappa shape index (κ1) is 25.9. The number of hydrogen-bond donors (Lipinski definition) is 2. The Balaban J connectivity index is 1.63. The van der Waals surface area contributed by atoms with E-state index in [0.29, 0.717) is 56.8 Å². The molecular weight excluding hydrogens is 472 g/mol. The number of ether oxygens (including phenoxy) is 2. The molecule has 1 aromatic carbocycles. The Kier molecular flexibility index (Phi) is 7.99. The van der Waals surface area contributed by atoms with Crippen molar-refractivity contribution in [3.05, 3.63) is 29.8 Å². The smallest absolute Gasteiger partial charge is 0.258 e. The lowest BCUT2D eigenvalue weighted by molar-refractivity contribution is -0.130. The summed E-state index contributed by atoms with van der Waals surface area (Å²) in [4.78, 5) is 30.9. The molecule has 194 valence electrons. The minimum absolute atomic E-state index is 0.136. The number of carbonyl (C=O) groups is 2. The highest BCUT2D eigenvalue weighted by Gasteiger charge is 2.39. The first-order chi connectivity index (χ1) is 16.6. The molecule has 0 spiro atoms. The van der Waals surface area contributed by atoms with Crippen LogP contribution in [0, 0.1) is 0 Å². The van der Waals surface area contributed by atoms with Crippen LogP contribution in [-0.2, 0) is 19.6 Å². The molecule has 2 bridgehead atoms. The monoisotopic (exact) mass is 508 g/mol. The average molecular weight is 509 g/mol. The van der Waals surface area contributed by atoms with Crippen LogP contribution >= 0.6 is 0 Å². The molecule has 11 heteroatoms. The number of para-hydroxylation sites is 1. The summed E-state index contributed by atoms with van der Waals surface area (Å²) < 4.78 is 38.7. The number of nitrogens with one attached hydrogen (secondary N) is 2. The van der Waals surface area contributed by atoms with Crippen molar-refractivity contribution in [3.8, 4) is 5.75 Å². The number of benzene rings is 1. The number of carbonyl (C=O) groups excluding carboxylic acids is 2. The van der Waals surface area contributed by atoms with E-state index in [0.717, 1.165) is 6.26 Å². The molecule has 0 unspecified atom stereocenters. The number of rotatable bonds is 3. The Morgan fingerprint density at radius 2 is 1.89 bits per heavy atom. The predicted octanol–water partition coefficient (Wildman–Crippen LogP) is 0.586. The van der Waals surface area contributed by atoms with Gasteiger partial charge in [0, 0.05) is 44.7 Å². The molecule has 0 aromatic heterocycles. The predicted molar refractivity (Wildman–Crippen MR) is 131 cm³/mol. The van der Waals surface area contributed by atoms with Gasteiger partial charge in [0.25, 0.3) is 5.91 Å². The molecule has 4 rings (SSSR count). The normalized spacial score (nSPS) is 29.0. The van der Waals surface area contributed by atoms with Gasteiger partial charge in [0.15, 0.2) is 0 Å². The zero-order valence-electron chi connectivity index (χ0n) is 20.6. The van der Waals surface area contributed by atoms with Gasteiger partial charge in [0.2, 0.25) is 15.9 Å². The molecule has 0 radical (unpaired) electrons. The van der Waals surface area contributed by atoms with Crippen molar-refractivity contribution in [2.75, 3.05) is 39.0 Å². The van der Waals surface area contributed by atoms with E-state index < -0.39 is 28.2 Å². The molecule has 0 saturated carbocycles. The van der Waals surface area contributed by atoms with Gasteiger partial charge >= 0.3 is 0 Å². The molecule has 3 aliphatic rings. The van der Waals surface area contributed by atoms with Gasteiger partial charge in [-0.25, -0.2) is 13.1 Å². The fraction of sp³-hybridized carbons (Fsp3) is 0.667. The molecular formula is C24H36N4O6S. The van der Waals surface area contributed by atoms with Gasteiger partial charge in [-0.1, -0.05) is 12.1 Å². The Morgan fingerprint density at radius 1 is 1.11 bits per heavy atom. The first-order valence-corrected chi connectivity index (χ1v) is 14.2. The van der Waals surface area contributed by atoms with E-state index in [2.05, 4.69) is 28.8 Å². The van der Waals surface area contributed by atoms with Crippen molar-refractivity contribution < 1.29 is 27.5 Å². The summed E-state index contributed by atoms with van der Waals surface area (Å²) in [5.41, 5.74) is 0.445. The quantitative estimate of drug-likeness (QED) is 0.614. The van der Waals surface area contributed by atoms with E-state index in [-0.39, 0.29) is 30.5 Å². The van der Waals surface area contributed by atoms with Gasteiger partial charge in [0.05, 0.1) is 30.6 Å². The van der Waals surface area contributed by atoms with Crippen LogP contribution in [0.25, 0.3) is 0 Å². The highest BCUT2D eigenvalue weighted by molar-refractivity contribution is 7.88. The van der Waals surface area contributed by atoms with E-state index in [1.165, 1.54) is 0 Å². The van der Waals surface area contributed by atoms with Crippen LogP contribution in [0.3, 0.4) is 0 Å². The van der Waals surface area contributed by atoms with E-state index in [9.17, 15) is 18.0 Å². The Labute approximate surface area is 207 Å². The Hall–Kier alpha value is -2.21. The lowest BCUT2D eigenvalue weighted by Gasteiger charge is -2.43. The van der Waals surface area contributed by atoms with Gasteiger partial charge in [-0.15, -0.1) is 0 Å². The number of amides is 2. The molecule has 3 heterocycles. The van der Waals surface area contributed by atoms with Crippen molar-refractivity contribution >= 4 is 21.8 Å². The molecule has 0 aliphatic carbocycles. The van der Waals surface area contributed by atoms with Crippen molar-refractivity contribution in [1.29, 1.82) is 0 Å². The second-order valence-corrected chi connectivity index (χ2v) is 11.6. The van der Waals surface area contributed by atoms with E-state index in [4.69, 9.17) is 9.47 Å². The lowest BCUT2D eigenvalue weighted by Crippen LogP contribution is -2.62. The minimum atomic E-state index is -3.44. The zero-order valence-corrected chi connectivity index (χ0v) is 21.4. The molecule has 2 N–H and O–H groups in total. The summed E-state index contributed by atoms with van der Waals surface area (Å²) in [6.07, 6.45) is 2.33. The van der Waals surface area contributed by atoms with Crippen LogP contribution in [0.15, 0.2) is 24.3 Å². The van der Waals surface area contributed by atoms with E-state index in [1.54, 1.807) is 23.1 Å². The summed E-state index contributed by atoms with van der Waals surface area (Å²) in [7, 11) is -3.44. The molecule has 2 saturated heterocycles. The fourth-order valence-electron chi connectivity index (χ4n) is 5.06. The standard InChI is InChI=1S/C24H36N4O6S/c1-16(2)27-11-12-28-20(15-27)23(29)25-14-22-19(26-35(3,31)32)9-8-17(34-22)10-13-33-21-7-5-4-6-18(21)24(28)30/h4-7,16-17,19-20,22,26H,8-15H2,1-3H3,(H,25,29)/t17-,19+,20-,22+/m0/s1. The second kappa shape index (κ2) is 10.8. The van der Waals surface area contributed by atoms with Gasteiger partial charge in [-0.2, -0.15) is 0 Å². The Bertz CT molecular complexity index is 1030. The van der Waals surface area contributed by atoms with Gasteiger partial charge < -0.3 is 19.7 Å². The third kappa shape index (κ3) is 6.32. The van der Waals surface area contributed by atoms with Crippen molar-refractivity contribution in [2.45, 2.75) is 63.4 Å². The number of piperazine rings is 1. The number of hydrogen-bond acceptors (Lipinski definition) is 7. The third-order valence-electron chi connectivity index (χ3n) is 6.98. The minimum Gasteiger partial charge on any atom is -0.493 e. The Morgan fingerprint density at radius 3 is 2.63 bits per heavy atom. The molecule has 35 heavy (non-hydrogen) atoms. The van der Waals surface area contributed by atoms with Crippen molar-refractivity contribution in [3.63, 3.8) is 0 Å². The lowest BCUT2D eigenvalue weighted by atomic mass is 9.97. The summed E-state index contributed by atoms with van der Waals surface area (Å²) in [6, 6.07) is 6.24. The number of nitrogens with zero attached hydrogens (tertiary/aromatic N) is 2. The van der Waals surface area contributed by atoms with Crippen LogP contribution in [0.5, 0.6) is 5.75 Å². The fourth-order valence-corrected chi connectivity index (χ4v) is 5.88. The van der Waals surface area contributed by atoms with E-state index in [1.807, 2.05) is 6.07 Å². The number of fused-ring (bicyclic) bond motifs is 4. The topological polar surface area (TPSA) is 117 Å². The molecule has 10 nitrogen and oxygen atoms in total. The van der Waals surface area contributed by atoms with Crippen LogP contribution in [0.4, 0.5) is 0 Å². The molecule has 2 amide bonds. The summed E-state index contributed by atoms with van der Waals surface area (Å²) in [5.74, 6) is -0.0127. The molecule has 3 aliphatic heterocycles. The van der Waals surface area contributed by atoms with Crippen LogP contribution in [0.1, 0.15) is 43.5 Å². The van der Waals surface area contributed by atoms with Crippen LogP contribution < -0.4 is 14.8 Å². The van der Waals surface area contributed by atoms with Crippen molar-refractivity contribution in [1.82, 2.24) is 19.8 Å². The van der Waals surface area contributed by atoms with Gasteiger partial charge in [-0.3, -0.25) is 14.5 Å². The molecule has 4 atom stereocenters. The maximum absolute atomic E-state index is 13.6. The maximum Gasteiger partial charge on any atom is 0.258 e. The molecule has 2 fully saturated rings. The largest absolute Gasteiger partial charge is 0.493 e. The zero-order chi connectivity index (χ0) is 25.2. The van der Waals surface area contributed by atoms with Crippen molar-refractivity contribution in [2.24, 2.45) is 0 Å². The third-order valence-corrected chi connectivity index (χ3v) is 7.71. The van der Waals surface area contributed by atoms with Crippen LogP contribution in [0.2, 0.25) is 0 Å². The maximum atomic E-state index is 13.6. The van der Waals surface area contributed by atoms with Crippen LogP contribution in [-0.4, -0.2) is 99.4 Å². The summed E-state index contributed by atoms with van der Waals surface area (Å²) in [6.45, 7) is 6.16.